The molecule has 6 heteroatoms. The van der Waals surface area contributed by atoms with E-state index in [0.717, 1.165) is 0 Å². The van der Waals surface area contributed by atoms with Gasteiger partial charge in [-0.25, -0.2) is 0 Å². The van der Waals surface area contributed by atoms with Crippen LogP contribution in [0, 0.1) is 0 Å². The smallest absolute Gasteiger partial charge is 0.197 e. The number of hydrogen-bond donors (Lipinski definition) is 3. The third-order valence-electron chi connectivity index (χ3n) is 3.82. The van der Waals surface area contributed by atoms with Crippen LogP contribution < -0.4 is 5.73 Å². The third kappa shape index (κ3) is 1.27. The van der Waals surface area contributed by atoms with Gasteiger partial charge in [-0.05, 0) is 12.1 Å². The minimum atomic E-state index is -1.05. The second kappa shape index (κ2) is 3.54. The van der Waals surface area contributed by atoms with Crippen molar-refractivity contribution in [3.8, 4) is 0 Å². The molecule has 17 heavy (non-hydrogen) atoms. The van der Waals surface area contributed by atoms with Crippen LogP contribution in [-0.4, -0.2) is 52.3 Å². The van der Waals surface area contributed by atoms with Gasteiger partial charge >= 0.3 is 0 Å². The van der Waals surface area contributed by atoms with E-state index in [2.05, 4.69) is 0 Å². The fourth-order valence-electron chi connectivity index (χ4n) is 2.58. The SMILES string of the molecule is NCC12COC(n3cccc3)(CO1)C(O)C2O. The standard InChI is InChI=1S/C11H16N2O4/c12-5-10-6-17-11(7-16-10,9(15)8(10)14)13-3-1-2-4-13/h1-4,8-9,14-15H,5-7,12H2. The van der Waals surface area contributed by atoms with Crippen LogP contribution in [0.2, 0.25) is 0 Å². The van der Waals surface area contributed by atoms with Crippen molar-refractivity contribution < 1.29 is 19.7 Å². The molecule has 3 aliphatic rings. The van der Waals surface area contributed by atoms with Crippen molar-refractivity contribution in [2.75, 3.05) is 19.8 Å². The number of rotatable bonds is 2. The van der Waals surface area contributed by atoms with Crippen molar-refractivity contribution in [2.45, 2.75) is 23.5 Å². The number of nitrogens with two attached hydrogens (primary N) is 1. The predicted octanol–water partition coefficient (Wildman–Crippen LogP) is -1.38. The molecule has 0 aliphatic carbocycles. The van der Waals surface area contributed by atoms with Crippen LogP contribution in [-0.2, 0) is 15.2 Å². The van der Waals surface area contributed by atoms with Gasteiger partial charge in [0.2, 0.25) is 0 Å². The lowest BCUT2D eigenvalue weighted by atomic mass is 9.81. The summed E-state index contributed by atoms with van der Waals surface area (Å²) in [6, 6.07) is 3.66. The molecular weight excluding hydrogens is 224 g/mol. The summed E-state index contributed by atoms with van der Waals surface area (Å²) >= 11 is 0. The second-order valence-corrected chi connectivity index (χ2v) is 4.67. The molecule has 0 amide bonds. The second-order valence-electron chi connectivity index (χ2n) is 4.67. The summed E-state index contributed by atoms with van der Waals surface area (Å²) in [6.07, 6.45) is 1.46. The molecule has 4 N–H and O–H groups in total. The van der Waals surface area contributed by atoms with E-state index >= 15 is 0 Å². The number of aliphatic hydroxyl groups is 2. The Morgan fingerprint density at radius 1 is 1.18 bits per heavy atom. The Bertz CT molecular complexity index is 398. The summed E-state index contributed by atoms with van der Waals surface area (Å²) in [7, 11) is 0. The average Bonchev–Trinajstić information content (AvgIpc) is 2.90. The number of ether oxygens (including phenoxy) is 2. The molecule has 1 aromatic heterocycles. The summed E-state index contributed by atoms with van der Waals surface area (Å²) in [6.45, 7) is 0.476. The van der Waals surface area contributed by atoms with Crippen molar-refractivity contribution in [3.63, 3.8) is 0 Å². The normalized spacial score (nSPS) is 45.1. The van der Waals surface area contributed by atoms with Crippen LogP contribution in [0.25, 0.3) is 0 Å². The zero-order chi connectivity index (χ0) is 12.1. The topological polar surface area (TPSA) is 89.9 Å². The molecule has 0 saturated carbocycles. The van der Waals surface area contributed by atoms with Gasteiger partial charge in [-0.2, -0.15) is 0 Å². The number of hydrogen-bond acceptors (Lipinski definition) is 5. The van der Waals surface area contributed by atoms with E-state index in [-0.39, 0.29) is 19.8 Å². The van der Waals surface area contributed by atoms with Crippen LogP contribution in [0.15, 0.2) is 24.5 Å². The molecule has 4 heterocycles. The van der Waals surface area contributed by atoms with Crippen LogP contribution in [0.5, 0.6) is 0 Å². The van der Waals surface area contributed by atoms with E-state index in [4.69, 9.17) is 15.2 Å². The summed E-state index contributed by atoms with van der Waals surface area (Å²) < 4.78 is 13.1. The largest absolute Gasteiger partial charge is 0.387 e. The molecule has 6 nitrogen and oxygen atoms in total. The van der Waals surface area contributed by atoms with E-state index in [9.17, 15) is 10.2 Å². The molecule has 4 rings (SSSR count). The minimum Gasteiger partial charge on any atom is -0.387 e. The first-order chi connectivity index (χ1) is 8.15. The van der Waals surface area contributed by atoms with E-state index in [0.29, 0.717) is 0 Å². The van der Waals surface area contributed by atoms with Crippen molar-refractivity contribution in [3.05, 3.63) is 24.5 Å². The van der Waals surface area contributed by atoms with Crippen molar-refractivity contribution in [1.82, 2.24) is 4.57 Å². The Kier molecular flexibility index (Phi) is 2.33. The third-order valence-corrected chi connectivity index (χ3v) is 3.82. The molecule has 0 spiro atoms. The van der Waals surface area contributed by atoms with Gasteiger partial charge in [-0.3, -0.25) is 0 Å². The first-order valence-electron chi connectivity index (χ1n) is 5.62. The van der Waals surface area contributed by atoms with E-state index < -0.39 is 23.5 Å². The van der Waals surface area contributed by atoms with Crippen LogP contribution >= 0.6 is 0 Å². The Morgan fingerprint density at radius 2 is 1.88 bits per heavy atom. The molecule has 3 saturated heterocycles. The van der Waals surface area contributed by atoms with E-state index in [1.165, 1.54) is 0 Å². The number of fused-ring (bicyclic) bond motifs is 3. The highest BCUT2D eigenvalue weighted by atomic mass is 16.6. The molecule has 94 valence electrons. The summed E-state index contributed by atoms with van der Waals surface area (Å²) in [5.74, 6) is 0. The lowest BCUT2D eigenvalue weighted by Gasteiger charge is -2.57. The van der Waals surface area contributed by atoms with Crippen LogP contribution in [0.1, 0.15) is 0 Å². The average molecular weight is 240 g/mol. The zero-order valence-corrected chi connectivity index (χ0v) is 9.32. The zero-order valence-electron chi connectivity index (χ0n) is 9.32. The Balaban J connectivity index is 2.01. The monoisotopic (exact) mass is 240 g/mol. The Labute approximate surface area is 98.5 Å². The highest BCUT2D eigenvalue weighted by Gasteiger charge is 2.62. The maximum absolute atomic E-state index is 10.3. The first-order valence-corrected chi connectivity index (χ1v) is 5.62. The van der Waals surface area contributed by atoms with Gasteiger partial charge in [-0.15, -0.1) is 0 Å². The number of aliphatic hydroxyl groups excluding tert-OH is 2. The van der Waals surface area contributed by atoms with Crippen molar-refractivity contribution in [1.29, 1.82) is 0 Å². The van der Waals surface area contributed by atoms with E-state index in [1.54, 1.807) is 17.0 Å². The molecular formula is C11H16N2O4. The van der Waals surface area contributed by atoms with Gasteiger partial charge in [0.15, 0.2) is 5.72 Å². The van der Waals surface area contributed by atoms with Crippen molar-refractivity contribution in [2.24, 2.45) is 5.73 Å². The highest BCUT2D eigenvalue weighted by molar-refractivity contribution is 5.11. The Morgan fingerprint density at radius 3 is 2.41 bits per heavy atom. The van der Waals surface area contributed by atoms with Gasteiger partial charge in [0.25, 0.3) is 0 Å². The maximum atomic E-state index is 10.3. The molecule has 3 aliphatic heterocycles. The summed E-state index contributed by atoms with van der Waals surface area (Å²) in [5, 5.41) is 20.4. The van der Waals surface area contributed by atoms with Crippen molar-refractivity contribution >= 4 is 0 Å². The molecule has 2 bridgehead atoms. The minimum absolute atomic E-state index is 0.118. The van der Waals surface area contributed by atoms with Gasteiger partial charge < -0.3 is 30.0 Å². The predicted molar refractivity (Wildman–Crippen MR) is 58.1 cm³/mol. The molecule has 4 atom stereocenters. The molecule has 0 aromatic carbocycles. The lowest BCUT2D eigenvalue weighted by Crippen LogP contribution is -2.76. The van der Waals surface area contributed by atoms with Gasteiger partial charge in [-0.1, -0.05) is 0 Å². The number of nitrogens with zero attached hydrogens (tertiary/aromatic N) is 1. The van der Waals surface area contributed by atoms with Crippen LogP contribution in [0.4, 0.5) is 0 Å². The fourth-order valence-corrected chi connectivity index (χ4v) is 2.58. The quantitative estimate of drug-likeness (QED) is 0.593. The Hall–Kier alpha value is -0.920. The maximum Gasteiger partial charge on any atom is 0.197 e. The van der Waals surface area contributed by atoms with E-state index in [1.807, 2.05) is 12.1 Å². The number of aromatic nitrogens is 1. The van der Waals surface area contributed by atoms with Gasteiger partial charge in [0.1, 0.15) is 17.8 Å². The highest BCUT2D eigenvalue weighted by Crippen LogP contribution is 2.42. The van der Waals surface area contributed by atoms with Crippen LogP contribution in [0.3, 0.4) is 0 Å². The molecule has 3 fully saturated rings. The molecule has 4 unspecified atom stereocenters. The first kappa shape index (κ1) is 11.2. The summed E-state index contributed by atoms with van der Waals surface area (Å²) in [5.41, 5.74) is 3.59. The lowest BCUT2D eigenvalue weighted by molar-refractivity contribution is -0.379. The molecule has 1 aromatic rings. The fraction of sp³-hybridized carbons (Fsp3) is 0.636. The summed E-state index contributed by atoms with van der Waals surface area (Å²) in [4.78, 5) is 0. The molecule has 0 radical (unpaired) electrons. The van der Waals surface area contributed by atoms with Gasteiger partial charge in [0.05, 0.1) is 13.2 Å². The van der Waals surface area contributed by atoms with Gasteiger partial charge in [0, 0.05) is 18.9 Å².